The number of hydrogen-bond donors (Lipinski definition) is 3. The van der Waals surface area contributed by atoms with Gasteiger partial charge in [0.25, 0.3) is 0 Å². The van der Waals surface area contributed by atoms with Gasteiger partial charge in [0, 0.05) is 13.1 Å². The van der Waals surface area contributed by atoms with Crippen LogP contribution >= 0.6 is 0 Å². The van der Waals surface area contributed by atoms with Gasteiger partial charge in [0.05, 0.1) is 12.7 Å². The van der Waals surface area contributed by atoms with E-state index >= 15 is 0 Å². The third kappa shape index (κ3) is 5.13. The number of hydrogen-bond acceptors (Lipinski definition) is 7. The predicted octanol–water partition coefficient (Wildman–Crippen LogP) is 0.885. The fourth-order valence-electron chi connectivity index (χ4n) is 1.18. The highest BCUT2D eigenvalue weighted by Crippen LogP contribution is 2.11. The van der Waals surface area contributed by atoms with E-state index in [1.165, 1.54) is 0 Å². The van der Waals surface area contributed by atoms with E-state index in [2.05, 4.69) is 32.5 Å². The summed E-state index contributed by atoms with van der Waals surface area (Å²) >= 11 is 0. The van der Waals surface area contributed by atoms with Gasteiger partial charge in [0.2, 0.25) is 11.9 Å². The molecule has 1 atom stereocenters. The lowest BCUT2D eigenvalue weighted by Gasteiger charge is -2.10. The second-order valence-electron chi connectivity index (χ2n) is 3.85. The number of aromatic nitrogens is 3. The van der Waals surface area contributed by atoms with Crippen molar-refractivity contribution in [2.24, 2.45) is 0 Å². The fourth-order valence-corrected chi connectivity index (χ4v) is 1.18. The molecule has 0 aromatic carbocycles. The van der Waals surface area contributed by atoms with Gasteiger partial charge in [-0.1, -0.05) is 6.92 Å². The summed E-state index contributed by atoms with van der Waals surface area (Å²) in [7, 11) is 0. The molecule has 0 saturated heterocycles. The molecule has 1 heterocycles. The number of aliphatic hydroxyl groups is 1. The monoisotopic (exact) mass is 255 g/mol. The molecule has 1 aromatic rings. The number of nitrogens with zero attached hydrogens (tertiary/aromatic N) is 3. The molecule has 0 radical (unpaired) electrons. The lowest BCUT2D eigenvalue weighted by Crippen LogP contribution is -2.18. The molecule has 0 aliphatic rings. The number of rotatable bonds is 8. The Morgan fingerprint density at radius 2 is 1.83 bits per heavy atom. The maximum Gasteiger partial charge on any atom is 0.323 e. The highest BCUT2D eigenvalue weighted by Gasteiger charge is 2.07. The van der Waals surface area contributed by atoms with Crippen LogP contribution in [0.25, 0.3) is 0 Å². The van der Waals surface area contributed by atoms with Gasteiger partial charge >= 0.3 is 6.01 Å². The Hall–Kier alpha value is -1.63. The highest BCUT2D eigenvalue weighted by atomic mass is 16.5. The summed E-state index contributed by atoms with van der Waals surface area (Å²) in [6, 6.07) is 0.277. The molecule has 102 valence electrons. The third-order valence-corrected chi connectivity index (χ3v) is 1.98. The molecule has 18 heavy (non-hydrogen) atoms. The summed E-state index contributed by atoms with van der Waals surface area (Å²) in [5.74, 6) is 0.872. The standard InChI is InChI=1S/C11H21N5O2/c1-4-6-12-9-14-10(13-7-8(3)17)16-11(15-9)18-5-2/h8,17H,4-7H2,1-3H3,(H2,12,13,14,15,16). The molecule has 0 aliphatic heterocycles. The van der Waals surface area contributed by atoms with Gasteiger partial charge in [0.1, 0.15) is 0 Å². The van der Waals surface area contributed by atoms with Gasteiger partial charge < -0.3 is 20.5 Å². The van der Waals surface area contributed by atoms with E-state index in [-0.39, 0.29) is 6.01 Å². The van der Waals surface area contributed by atoms with E-state index in [1.54, 1.807) is 6.92 Å². The van der Waals surface area contributed by atoms with Crippen LogP contribution in [0.3, 0.4) is 0 Å². The van der Waals surface area contributed by atoms with Crippen LogP contribution in [0.15, 0.2) is 0 Å². The van der Waals surface area contributed by atoms with Crippen LogP contribution in [0.5, 0.6) is 6.01 Å². The molecule has 3 N–H and O–H groups in total. The van der Waals surface area contributed by atoms with Crippen LogP contribution in [-0.2, 0) is 0 Å². The van der Waals surface area contributed by atoms with Crippen molar-refractivity contribution >= 4 is 11.9 Å². The topological polar surface area (TPSA) is 92.2 Å². The first-order chi connectivity index (χ1) is 8.65. The molecule has 1 aromatic heterocycles. The third-order valence-electron chi connectivity index (χ3n) is 1.98. The van der Waals surface area contributed by atoms with Crippen LogP contribution in [0.1, 0.15) is 27.2 Å². The van der Waals surface area contributed by atoms with Crippen molar-refractivity contribution in [3.63, 3.8) is 0 Å². The van der Waals surface area contributed by atoms with E-state index in [1.807, 2.05) is 6.92 Å². The summed E-state index contributed by atoms with van der Waals surface area (Å²) < 4.78 is 5.27. The second kappa shape index (κ2) is 7.65. The average molecular weight is 255 g/mol. The minimum Gasteiger partial charge on any atom is -0.464 e. The van der Waals surface area contributed by atoms with Crippen molar-refractivity contribution in [3.05, 3.63) is 0 Å². The summed E-state index contributed by atoms with van der Waals surface area (Å²) in [6.45, 7) is 7.27. The van der Waals surface area contributed by atoms with E-state index in [4.69, 9.17) is 4.74 Å². The molecule has 0 aliphatic carbocycles. The molecule has 7 heteroatoms. The van der Waals surface area contributed by atoms with Crippen LogP contribution in [0, 0.1) is 0 Å². The van der Waals surface area contributed by atoms with Gasteiger partial charge in [-0.05, 0) is 20.3 Å². The Kier molecular flexibility index (Phi) is 6.13. The fraction of sp³-hybridized carbons (Fsp3) is 0.727. The van der Waals surface area contributed by atoms with Crippen molar-refractivity contribution < 1.29 is 9.84 Å². The minimum atomic E-state index is -0.468. The first-order valence-corrected chi connectivity index (χ1v) is 6.20. The van der Waals surface area contributed by atoms with Crippen molar-refractivity contribution in [1.29, 1.82) is 0 Å². The quantitative estimate of drug-likeness (QED) is 0.635. The Morgan fingerprint density at radius 1 is 1.17 bits per heavy atom. The number of aliphatic hydroxyl groups excluding tert-OH is 1. The molecule has 1 rings (SSSR count). The first-order valence-electron chi connectivity index (χ1n) is 6.20. The van der Waals surface area contributed by atoms with Crippen molar-refractivity contribution in [2.45, 2.75) is 33.3 Å². The Labute approximate surface area is 107 Å². The van der Waals surface area contributed by atoms with E-state index in [0.717, 1.165) is 13.0 Å². The Bertz CT molecular complexity index is 359. The van der Waals surface area contributed by atoms with Crippen LogP contribution in [0.2, 0.25) is 0 Å². The van der Waals surface area contributed by atoms with Crippen molar-refractivity contribution in [2.75, 3.05) is 30.3 Å². The Balaban J connectivity index is 2.76. The van der Waals surface area contributed by atoms with Crippen LogP contribution in [-0.4, -0.2) is 45.9 Å². The Morgan fingerprint density at radius 3 is 2.39 bits per heavy atom. The highest BCUT2D eigenvalue weighted by molar-refractivity contribution is 5.35. The maximum absolute atomic E-state index is 9.22. The molecular weight excluding hydrogens is 234 g/mol. The summed E-state index contributed by atoms with van der Waals surface area (Å²) in [4.78, 5) is 12.4. The SMILES string of the molecule is CCCNc1nc(NCC(C)O)nc(OCC)n1. The second-order valence-corrected chi connectivity index (χ2v) is 3.85. The summed E-state index contributed by atoms with van der Waals surface area (Å²) in [6.07, 6.45) is 0.510. The van der Waals surface area contributed by atoms with Crippen LogP contribution in [0.4, 0.5) is 11.9 Å². The first kappa shape index (κ1) is 14.4. The van der Waals surface area contributed by atoms with E-state index < -0.39 is 6.10 Å². The molecule has 7 nitrogen and oxygen atoms in total. The summed E-state index contributed by atoms with van der Waals surface area (Å²) in [5.41, 5.74) is 0. The molecule has 0 bridgehead atoms. The zero-order valence-electron chi connectivity index (χ0n) is 11.1. The average Bonchev–Trinajstić information content (AvgIpc) is 2.34. The van der Waals surface area contributed by atoms with Crippen LogP contribution < -0.4 is 15.4 Å². The van der Waals surface area contributed by atoms with E-state index in [9.17, 15) is 5.11 Å². The lowest BCUT2D eigenvalue weighted by atomic mass is 10.4. The van der Waals surface area contributed by atoms with Gasteiger partial charge in [0.15, 0.2) is 0 Å². The summed E-state index contributed by atoms with van der Waals surface area (Å²) in [5, 5.41) is 15.2. The molecule has 0 amide bonds. The molecule has 0 fully saturated rings. The van der Waals surface area contributed by atoms with Gasteiger partial charge in [-0.2, -0.15) is 15.0 Å². The minimum absolute atomic E-state index is 0.277. The van der Waals surface area contributed by atoms with E-state index in [0.29, 0.717) is 25.0 Å². The predicted molar refractivity (Wildman–Crippen MR) is 69.9 cm³/mol. The normalized spacial score (nSPS) is 12.0. The molecule has 0 spiro atoms. The largest absolute Gasteiger partial charge is 0.464 e. The smallest absolute Gasteiger partial charge is 0.323 e. The number of nitrogens with one attached hydrogen (secondary N) is 2. The number of ether oxygens (including phenoxy) is 1. The molecule has 1 unspecified atom stereocenters. The van der Waals surface area contributed by atoms with Gasteiger partial charge in [-0.25, -0.2) is 0 Å². The van der Waals surface area contributed by atoms with Crippen molar-refractivity contribution in [1.82, 2.24) is 15.0 Å². The molecular formula is C11H21N5O2. The zero-order chi connectivity index (χ0) is 13.4. The lowest BCUT2D eigenvalue weighted by molar-refractivity contribution is 0.208. The zero-order valence-corrected chi connectivity index (χ0v) is 11.1. The number of anilines is 2. The van der Waals surface area contributed by atoms with Crippen molar-refractivity contribution in [3.8, 4) is 6.01 Å². The molecule has 0 saturated carbocycles. The van der Waals surface area contributed by atoms with Gasteiger partial charge in [-0.3, -0.25) is 0 Å². The maximum atomic E-state index is 9.22. The van der Waals surface area contributed by atoms with Gasteiger partial charge in [-0.15, -0.1) is 0 Å².